The summed E-state index contributed by atoms with van der Waals surface area (Å²) < 4.78 is 27.4. The van der Waals surface area contributed by atoms with Crippen molar-refractivity contribution in [2.24, 2.45) is 0 Å². The molecule has 11 nitrogen and oxygen atoms in total. The van der Waals surface area contributed by atoms with Crippen LogP contribution in [-0.4, -0.2) is 55.5 Å². The third-order valence-corrected chi connectivity index (χ3v) is 4.71. The Morgan fingerprint density at radius 2 is 2.21 bits per heavy atom. The smallest absolute Gasteiger partial charge is 0.384 e. The predicted octanol–water partition coefficient (Wildman–Crippen LogP) is -1.63. The van der Waals surface area contributed by atoms with E-state index in [0.717, 1.165) is 4.57 Å². The van der Waals surface area contributed by atoms with E-state index in [1.165, 1.54) is 13.1 Å². The molecule has 12 heteroatoms. The first-order valence-electron chi connectivity index (χ1n) is 7.13. The zero-order chi connectivity index (χ0) is 17.7. The summed E-state index contributed by atoms with van der Waals surface area (Å²) in [6, 6.07) is 0. The minimum Gasteiger partial charge on any atom is -0.384 e. The van der Waals surface area contributed by atoms with Crippen LogP contribution in [0, 0.1) is 6.92 Å². The van der Waals surface area contributed by atoms with Gasteiger partial charge in [0.2, 0.25) is 0 Å². The van der Waals surface area contributed by atoms with Gasteiger partial charge in [-0.3, -0.25) is 18.9 Å². The number of aryl methyl sites for hydroxylation is 1. The molecule has 0 aliphatic carbocycles. The molecule has 0 radical (unpaired) electrons. The number of hydrogen-bond acceptors (Lipinski definition) is 7. The lowest BCUT2D eigenvalue weighted by atomic mass is 9.91. The molecule has 0 saturated carbocycles. The number of hydrogen-bond donors (Lipinski definition) is 4. The number of phosphoric acid groups is 1. The lowest BCUT2D eigenvalue weighted by Gasteiger charge is -2.25. The molecule has 4 N–H and O–H groups in total. The van der Waals surface area contributed by atoms with Gasteiger partial charge < -0.3 is 24.4 Å². The second kappa shape index (κ2) is 5.88. The number of nitrogens with one attached hydrogen (secondary N) is 1. The van der Waals surface area contributed by atoms with E-state index in [9.17, 15) is 19.3 Å². The number of H-pyrrole nitrogens is 1. The fraction of sp³-hybridized carbons (Fsp3) is 0.667. The maximum Gasteiger partial charge on any atom is 0.469 e. The maximum atomic E-state index is 12.0. The molecule has 4 atom stereocenters. The minimum absolute atomic E-state index is 0.153. The van der Waals surface area contributed by atoms with Crippen LogP contribution in [-0.2, 0) is 18.6 Å². The van der Waals surface area contributed by atoms with Crippen LogP contribution in [0.3, 0.4) is 0 Å². The van der Waals surface area contributed by atoms with E-state index in [1.54, 1.807) is 0 Å². The highest BCUT2D eigenvalue weighted by molar-refractivity contribution is 7.46. The Kier molecular flexibility index (Phi) is 4.29. The van der Waals surface area contributed by atoms with Crippen molar-refractivity contribution in [1.29, 1.82) is 0 Å². The van der Waals surface area contributed by atoms with E-state index in [-0.39, 0.29) is 18.6 Å². The van der Waals surface area contributed by atoms with Crippen LogP contribution in [0.5, 0.6) is 0 Å². The van der Waals surface area contributed by atoms with E-state index in [0.29, 0.717) is 0 Å². The molecular weight excluding hydrogens is 347 g/mol. The predicted molar refractivity (Wildman–Crippen MR) is 77.3 cm³/mol. The minimum atomic E-state index is -4.75. The molecule has 1 aromatic heterocycles. The monoisotopic (exact) mass is 364 g/mol. The summed E-state index contributed by atoms with van der Waals surface area (Å²) in [7, 11) is -4.75. The second-order valence-electron chi connectivity index (χ2n) is 5.81. The number of fused-ring (bicyclic) bond motifs is 1. The molecule has 24 heavy (non-hydrogen) atoms. The molecule has 0 bridgehead atoms. The van der Waals surface area contributed by atoms with Crippen LogP contribution in [0.4, 0.5) is 0 Å². The number of ether oxygens (including phenoxy) is 2. The van der Waals surface area contributed by atoms with Gasteiger partial charge in [0.25, 0.3) is 5.56 Å². The van der Waals surface area contributed by atoms with Gasteiger partial charge in [0.05, 0.1) is 13.2 Å². The summed E-state index contributed by atoms with van der Waals surface area (Å²) in [6.07, 6.45) is -1.68. The van der Waals surface area contributed by atoms with E-state index in [4.69, 9.17) is 19.3 Å². The standard InChI is InChI=1S/C12H17N2O9P/c1-6-4-14(11(16)13-9(6)15)10-8-12(17,2-3-21-8)7(23-10)5-22-24(18,19)20/h4,7-8,10,17H,2-3,5H2,1H3,(H,13,15,16)(H2,18,19,20)/t7-,8-,10-,12-/m1/s1. The Hall–Kier alpha value is -1.33. The highest BCUT2D eigenvalue weighted by atomic mass is 31.2. The summed E-state index contributed by atoms with van der Waals surface area (Å²) in [5.74, 6) is 0. The Balaban J connectivity index is 1.93. The van der Waals surface area contributed by atoms with Crippen LogP contribution in [0.2, 0.25) is 0 Å². The van der Waals surface area contributed by atoms with Crippen LogP contribution in [0.1, 0.15) is 18.2 Å². The molecule has 2 saturated heterocycles. The molecule has 0 unspecified atom stereocenters. The average molecular weight is 364 g/mol. The van der Waals surface area contributed by atoms with Gasteiger partial charge in [-0.2, -0.15) is 0 Å². The Labute approximate surface area is 135 Å². The fourth-order valence-corrected chi connectivity index (χ4v) is 3.33. The summed E-state index contributed by atoms with van der Waals surface area (Å²) in [5.41, 5.74) is -2.60. The first-order valence-corrected chi connectivity index (χ1v) is 8.66. The van der Waals surface area contributed by atoms with Crippen LogP contribution >= 0.6 is 7.82 Å². The van der Waals surface area contributed by atoms with E-state index in [1.807, 2.05) is 0 Å². The molecule has 0 amide bonds. The van der Waals surface area contributed by atoms with E-state index in [2.05, 4.69) is 9.51 Å². The summed E-state index contributed by atoms with van der Waals surface area (Å²) in [4.78, 5) is 43.3. The van der Waals surface area contributed by atoms with Gasteiger partial charge in [-0.25, -0.2) is 9.36 Å². The average Bonchev–Trinajstić information content (AvgIpc) is 2.96. The number of aromatic nitrogens is 2. The molecule has 1 aromatic rings. The first-order chi connectivity index (χ1) is 11.1. The molecule has 2 fully saturated rings. The number of aliphatic hydroxyl groups is 1. The lowest BCUT2D eigenvalue weighted by molar-refractivity contribution is -0.0837. The molecule has 0 spiro atoms. The second-order valence-corrected chi connectivity index (χ2v) is 7.05. The van der Waals surface area contributed by atoms with Crippen LogP contribution in [0.15, 0.2) is 15.8 Å². The van der Waals surface area contributed by atoms with Gasteiger partial charge >= 0.3 is 13.5 Å². The quantitative estimate of drug-likeness (QED) is 0.460. The normalized spacial score (nSPS) is 32.9. The van der Waals surface area contributed by atoms with Gasteiger partial charge in [-0.15, -0.1) is 0 Å². The van der Waals surface area contributed by atoms with Crippen molar-refractivity contribution in [3.8, 4) is 0 Å². The number of aromatic amines is 1. The molecule has 134 valence electrons. The van der Waals surface area contributed by atoms with Crippen molar-refractivity contribution in [3.05, 3.63) is 32.6 Å². The van der Waals surface area contributed by atoms with Gasteiger partial charge in [-0.05, 0) is 6.92 Å². The number of nitrogens with zero attached hydrogens (tertiary/aromatic N) is 1. The van der Waals surface area contributed by atoms with Gasteiger partial charge in [0.1, 0.15) is 17.8 Å². The third-order valence-electron chi connectivity index (χ3n) is 4.23. The van der Waals surface area contributed by atoms with Crippen LogP contribution < -0.4 is 11.2 Å². The van der Waals surface area contributed by atoms with Crippen LogP contribution in [0.25, 0.3) is 0 Å². The fourth-order valence-electron chi connectivity index (χ4n) is 3.00. The Bertz CT molecular complexity index is 798. The Morgan fingerprint density at radius 1 is 1.50 bits per heavy atom. The highest BCUT2D eigenvalue weighted by Gasteiger charge is 2.60. The van der Waals surface area contributed by atoms with Crippen molar-refractivity contribution in [1.82, 2.24) is 9.55 Å². The largest absolute Gasteiger partial charge is 0.469 e. The number of phosphoric ester groups is 1. The van der Waals surface area contributed by atoms with Crippen molar-refractivity contribution in [2.45, 2.75) is 37.4 Å². The third kappa shape index (κ3) is 3.00. The zero-order valence-corrected chi connectivity index (χ0v) is 13.5. The lowest BCUT2D eigenvalue weighted by Crippen LogP contribution is -2.46. The first kappa shape index (κ1) is 17.5. The molecule has 3 rings (SSSR count). The molecular formula is C12H17N2O9P. The van der Waals surface area contributed by atoms with Crippen molar-refractivity contribution >= 4 is 7.82 Å². The SMILES string of the molecule is Cc1cn([C@@H]2O[C@H](COP(=O)(O)O)[C@]3(O)CCO[C@H]23)c(=O)[nH]c1=O. The van der Waals surface area contributed by atoms with E-state index >= 15 is 0 Å². The van der Waals surface area contributed by atoms with Gasteiger partial charge in [0, 0.05) is 18.2 Å². The molecule has 3 heterocycles. The number of rotatable bonds is 4. The topological polar surface area (TPSA) is 160 Å². The van der Waals surface area contributed by atoms with Gasteiger partial charge in [-0.1, -0.05) is 0 Å². The summed E-state index contributed by atoms with van der Waals surface area (Å²) >= 11 is 0. The summed E-state index contributed by atoms with van der Waals surface area (Å²) in [6.45, 7) is 1.11. The zero-order valence-electron chi connectivity index (χ0n) is 12.6. The van der Waals surface area contributed by atoms with Crippen molar-refractivity contribution in [2.75, 3.05) is 13.2 Å². The maximum absolute atomic E-state index is 12.0. The highest BCUT2D eigenvalue weighted by Crippen LogP contribution is 2.46. The summed E-state index contributed by atoms with van der Waals surface area (Å²) in [5, 5.41) is 10.8. The molecule has 0 aromatic carbocycles. The van der Waals surface area contributed by atoms with Crippen molar-refractivity contribution < 1.29 is 33.5 Å². The Morgan fingerprint density at radius 3 is 2.88 bits per heavy atom. The van der Waals surface area contributed by atoms with Gasteiger partial charge in [0.15, 0.2) is 6.23 Å². The van der Waals surface area contributed by atoms with E-state index < -0.39 is 49.7 Å². The molecule has 2 aliphatic rings. The van der Waals surface area contributed by atoms with Crippen molar-refractivity contribution in [3.63, 3.8) is 0 Å². The molecule has 2 aliphatic heterocycles.